The van der Waals surface area contributed by atoms with E-state index in [4.69, 9.17) is 0 Å². The highest BCUT2D eigenvalue weighted by atomic mass is 16.6. The number of carbonyl (C=O) groups is 1. The van der Waals surface area contributed by atoms with Crippen molar-refractivity contribution in [3.8, 4) is 0 Å². The summed E-state index contributed by atoms with van der Waals surface area (Å²) >= 11 is 0. The lowest BCUT2D eigenvalue weighted by molar-refractivity contribution is -0.384. The van der Waals surface area contributed by atoms with Crippen LogP contribution in [-0.2, 0) is 0 Å². The van der Waals surface area contributed by atoms with Crippen LogP contribution in [-0.4, -0.2) is 35.7 Å². The maximum atomic E-state index is 12.2. The second kappa shape index (κ2) is 7.31. The zero-order chi connectivity index (χ0) is 15.2. The predicted octanol–water partition coefficient (Wildman–Crippen LogP) is 3.29. The SMILES string of the molecule is CN(CC(=O)c1ccc([N+](=O)[O-])cc1)CC1CCCCC1. The molecule has 0 N–H and O–H groups in total. The topological polar surface area (TPSA) is 63.5 Å². The highest BCUT2D eigenvalue weighted by Crippen LogP contribution is 2.24. The number of non-ortho nitro benzene ring substituents is 1. The third kappa shape index (κ3) is 4.63. The molecule has 5 nitrogen and oxygen atoms in total. The van der Waals surface area contributed by atoms with Crippen LogP contribution in [0, 0.1) is 16.0 Å². The molecule has 1 fully saturated rings. The molecular weight excluding hydrogens is 268 g/mol. The standard InChI is InChI=1S/C16H22N2O3/c1-17(11-13-5-3-2-4-6-13)12-16(19)14-7-9-15(10-8-14)18(20)21/h7-10,13H,2-6,11-12H2,1H3. The summed E-state index contributed by atoms with van der Waals surface area (Å²) in [6.07, 6.45) is 6.46. The van der Waals surface area contributed by atoms with E-state index < -0.39 is 4.92 Å². The number of benzene rings is 1. The van der Waals surface area contributed by atoms with E-state index in [0.29, 0.717) is 18.0 Å². The van der Waals surface area contributed by atoms with Crippen LogP contribution in [0.25, 0.3) is 0 Å². The molecule has 0 saturated heterocycles. The van der Waals surface area contributed by atoms with Gasteiger partial charge in [-0.1, -0.05) is 19.3 Å². The molecule has 0 spiro atoms. The number of hydrogen-bond acceptors (Lipinski definition) is 4. The minimum Gasteiger partial charge on any atom is -0.299 e. The number of ketones is 1. The number of nitro groups is 1. The fourth-order valence-corrected chi connectivity index (χ4v) is 2.98. The maximum absolute atomic E-state index is 12.2. The van der Waals surface area contributed by atoms with Crippen LogP contribution in [0.5, 0.6) is 0 Å². The molecule has 5 heteroatoms. The van der Waals surface area contributed by atoms with Crippen molar-refractivity contribution in [2.75, 3.05) is 20.1 Å². The number of carbonyl (C=O) groups excluding carboxylic acids is 1. The molecule has 1 aliphatic carbocycles. The Labute approximate surface area is 125 Å². The molecule has 0 radical (unpaired) electrons. The van der Waals surface area contributed by atoms with Crippen LogP contribution in [0.2, 0.25) is 0 Å². The quantitative estimate of drug-likeness (QED) is 0.458. The van der Waals surface area contributed by atoms with Crippen LogP contribution < -0.4 is 0 Å². The van der Waals surface area contributed by atoms with Crippen LogP contribution in [0.15, 0.2) is 24.3 Å². The Morgan fingerprint density at radius 2 is 1.86 bits per heavy atom. The molecule has 1 aromatic rings. The molecule has 0 unspecified atom stereocenters. The van der Waals surface area contributed by atoms with E-state index in [9.17, 15) is 14.9 Å². The summed E-state index contributed by atoms with van der Waals surface area (Å²) in [5.41, 5.74) is 0.554. The van der Waals surface area contributed by atoms with Crippen molar-refractivity contribution in [1.29, 1.82) is 0 Å². The molecule has 21 heavy (non-hydrogen) atoms. The highest BCUT2D eigenvalue weighted by molar-refractivity contribution is 5.97. The van der Waals surface area contributed by atoms with Gasteiger partial charge in [-0.3, -0.25) is 19.8 Å². The minimum atomic E-state index is -0.455. The van der Waals surface area contributed by atoms with E-state index in [2.05, 4.69) is 4.90 Å². The fourth-order valence-electron chi connectivity index (χ4n) is 2.98. The van der Waals surface area contributed by atoms with Crippen LogP contribution in [0.3, 0.4) is 0 Å². The Morgan fingerprint density at radius 1 is 1.24 bits per heavy atom. The predicted molar refractivity (Wildman–Crippen MR) is 81.5 cm³/mol. The average Bonchev–Trinajstić information content (AvgIpc) is 2.48. The first-order chi connectivity index (χ1) is 10.1. The normalized spacial score (nSPS) is 16.1. The third-order valence-electron chi connectivity index (χ3n) is 4.11. The molecule has 0 atom stereocenters. The van der Waals surface area contributed by atoms with Gasteiger partial charge in [-0.15, -0.1) is 0 Å². The van der Waals surface area contributed by atoms with Crippen LogP contribution in [0.1, 0.15) is 42.5 Å². The molecule has 1 aromatic carbocycles. The average molecular weight is 290 g/mol. The first-order valence-electron chi connectivity index (χ1n) is 7.52. The van der Waals surface area contributed by atoms with E-state index >= 15 is 0 Å². The summed E-state index contributed by atoms with van der Waals surface area (Å²) < 4.78 is 0. The largest absolute Gasteiger partial charge is 0.299 e. The smallest absolute Gasteiger partial charge is 0.269 e. The zero-order valence-corrected chi connectivity index (χ0v) is 12.5. The van der Waals surface area contributed by atoms with E-state index in [1.54, 1.807) is 0 Å². The molecule has 114 valence electrons. The number of hydrogen-bond donors (Lipinski definition) is 0. The number of likely N-dealkylation sites (N-methyl/N-ethyl adjacent to an activating group) is 1. The molecule has 2 rings (SSSR count). The van der Waals surface area contributed by atoms with Gasteiger partial charge in [0.1, 0.15) is 0 Å². The third-order valence-corrected chi connectivity index (χ3v) is 4.11. The minimum absolute atomic E-state index is 0.0158. The summed E-state index contributed by atoms with van der Waals surface area (Å²) in [4.78, 5) is 24.4. The molecule has 0 amide bonds. The van der Waals surface area contributed by atoms with Gasteiger partial charge >= 0.3 is 0 Å². The lowest BCUT2D eigenvalue weighted by atomic mass is 9.89. The lowest BCUT2D eigenvalue weighted by Crippen LogP contribution is -2.31. The van der Waals surface area contributed by atoms with E-state index in [0.717, 1.165) is 6.54 Å². The summed E-state index contributed by atoms with van der Waals surface area (Å²) in [5.74, 6) is 0.719. The van der Waals surface area contributed by atoms with Crippen molar-refractivity contribution >= 4 is 11.5 Å². The van der Waals surface area contributed by atoms with Gasteiger partial charge in [-0.2, -0.15) is 0 Å². The maximum Gasteiger partial charge on any atom is 0.269 e. The van der Waals surface area contributed by atoms with Crippen molar-refractivity contribution in [2.45, 2.75) is 32.1 Å². The van der Waals surface area contributed by atoms with Crippen molar-refractivity contribution in [3.05, 3.63) is 39.9 Å². The number of nitrogens with zero attached hydrogens (tertiary/aromatic N) is 2. The molecule has 0 aliphatic heterocycles. The van der Waals surface area contributed by atoms with Gasteiger partial charge in [0, 0.05) is 24.2 Å². The first kappa shape index (κ1) is 15.6. The summed E-state index contributed by atoms with van der Waals surface area (Å²) in [6, 6.07) is 5.84. The van der Waals surface area contributed by atoms with Crippen molar-refractivity contribution in [2.24, 2.45) is 5.92 Å². The second-order valence-corrected chi connectivity index (χ2v) is 5.93. The van der Waals surface area contributed by atoms with E-state index in [1.165, 1.54) is 56.4 Å². The van der Waals surface area contributed by atoms with Crippen LogP contribution in [0.4, 0.5) is 5.69 Å². The van der Waals surface area contributed by atoms with E-state index in [1.807, 2.05) is 7.05 Å². The van der Waals surface area contributed by atoms with E-state index in [-0.39, 0.29) is 11.5 Å². The van der Waals surface area contributed by atoms with Crippen molar-refractivity contribution < 1.29 is 9.72 Å². The summed E-state index contributed by atoms with van der Waals surface area (Å²) in [6.45, 7) is 1.33. The van der Waals surface area contributed by atoms with Gasteiger partial charge < -0.3 is 0 Å². The number of Topliss-reactive ketones (excluding diaryl/α,β-unsaturated/α-hetero) is 1. The van der Waals surface area contributed by atoms with Gasteiger partial charge in [0.2, 0.25) is 0 Å². The summed E-state index contributed by atoms with van der Waals surface area (Å²) in [5, 5.41) is 10.6. The van der Waals surface area contributed by atoms with Crippen LogP contribution >= 0.6 is 0 Å². The van der Waals surface area contributed by atoms with Gasteiger partial charge in [-0.05, 0) is 37.9 Å². The first-order valence-corrected chi connectivity index (χ1v) is 7.52. The Kier molecular flexibility index (Phi) is 5.44. The number of rotatable bonds is 6. The second-order valence-electron chi connectivity index (χ2n) is 5.93. The highest BCUT2D eigenvalue weighted by Gasteiger charge is 2.17. The zero-order valence-electron chi connectivity index (χ0n) is 12.5. The van der Waals surface area contributed by atoms with Gasteiger partial charge in [0.15, 0.2) is 5.78 Å². The Balaban J connectivity index is 1.86. The Hall–Kier alpha value is -1.75. The molecule has 1 aliphatic rings. The monoisotopic (exact) mass is 290 g/mol. The molecule has 0 heterocycles. The van der Waals surface area contributed by atoms with Crippen molar-refractivity contribution in [3.63, 3.8) is 0 Å². The molecule has 0 bridgehead atoms. The Bertz CT molecular complexity index is 493. The molecule has 0 aromatic heterocycles. The summed E-state index contributed by atoms with van der Waals surface area (Å²) in [7, 11) is 1.97. The number of nitro benzene ring substituents is 1. The molecular formula is C16H22N2O3. The lowest BCUT2D eigenvalue weighted by Gasteiger charge is -2.26. The fraction of sp³-hybridized carbons (Fsp3) is 0.562. The van der Waals surface area contributed by atoms with Gasteiger partial charge in [0.25, 0.3) is 5.69 Å². The Morgan fingerprint density at radius 3 is 2.43 bits per heavy atom. The van der Waals surface area contributed by atoms with Gasteiger partial charge in [-0.25, -0.2) is 0 Å². The van der Waals surface area contributed by atoms with Gasteiger partial charge in [0.05, 0.1) is 11.5 Å². The molecule has 1 saturated carbocycles. The van der Waals surface area contributed by atoms with Crippen molar-refractivity contribution in [1.82, 2.24) is 4.90 Å².